The SMILES string of the molecule is C/C=C/C[C@H](NC(=O)[C@H](CCCCN)NC(=O)[C@H](CCCCN)NC(=O)[C@H](C)N)C(=O)N[C@@H](CC1CC1)C(=O)N[C@@H](CC(C)C)C(=O)O. The first kappa shape index (κ1) is 42.5. The molecule has 0 aromatic heterocycles. The Bertz CT molecular complexity index is 1080. The molecule has 15 heteroatoms. The number of carboxylic acids is 1. The number of carbonyl (C=O) groups is 6. The zero-order valence-electron chi connectivity index (χ0n) is 29.1. The Hall–Kier alpha value is -3.56. The van der Waals surface area contributed by atoms with Crippen LogP contribution >= 0.6 is 0 Å². The minimum absolute atomic E-state index is 0.0169. The number of carboxylic acid groups (broad SMARTS) is 1. The van der Waals surface area contributed by atoms with E-state index in [1.807, 2.05) is 13.8 Å². The number of nitrogens with one attached hydrogen (secondary N) is 5. The standard InChI is InChI=1S/C33H60N8O7/c1-5-6-11-23(31(45)40-26(19-22-14-15-22)32(46)41-27(33(47)48)18-20(2)3)38-30(44)25(13-8-10-17-35)39-29(43)24(12-7-9-16-34)37-28(42)21(4)36/h5-6,20-27H,7-19,34-36H2,1-4H3,(H,37,42)(H,38,44)(H,39,43)(H,40,45)(H,41,46)(H,47,48)/b6-5+/t21-,23-,24-,25-,26-,27-/m0/s1. The molecule has 6 atom stereocenters. The summed E-state index contributed by atoms with van der Waals surface area (Å²) in [4.78, 5) is 78.1. The summed E-state index contributed by atoms with van der Waals surface area (Å²) >= 11 is 0. The number of rotatable bonds is 25. The fraction of sp³-hybridized carbons (Fsp3) is 0.758. The molecule has 1 fully saturated rings. The molecule has 1 rings (SSSR count). The van der Waals surface area contributed by atoms with Gasteiger partial charge in [-0.15, -0.1) is 0 Å². The summed E-state index contributed by atoms with van der Waals surface area (Å²) in [6, 6.07) is -6.04. The van der Waals surface area contributed by atoms with Gasteiger partial charge in [-0.05, 0) is 96.6 Å². The van der Waals surface area contributed by atoms with Crippen molar-refractivity contribution in [2.24, 2.45) is 29.0 Å². The maximum atomic E-state index is 13.7. The summed E-state index contributed by atoms with van der Waals surface area (Å²) in [7, 11) is 0. The second-order valence-electron chi connectivity index (χ2n) is 13.1. The molecule has 15 nitrogen and oxygen atoms in total. The largest absolute Gasteiger partial charge is 0.480 e. The van der Waals surface area contributed by atoms with Crippen LogP contribution in [-0.2, 0) is 28.8 Å². The first-order valence-electron chi connectivity index (χ1n) is 17.2. The van der Waals surface area contributed by atoms with Gasteiger partial charge in [0.1, 0.15) is 30.2 Å². The lowest BCUT2D eigenvalue weighted by molar-refractivity contribution is -0.143. The molecule has 0 spiro atoms. The highest BCUT2D eigenvalue weighted by atomic mass is 16.4. The van der Waals surface area contributed by atoms with Gasteiger partial charge >= 0.3 is 5.97 Å². The fourth-order valence-corrected chi connectivity index (χ4v) is 5.03. The van der Waals surface area contributed by atoms with Gasteiger partial charge in [-0.1, -0.05) is 38.8 Å². The third-order valence-electron chi connectivity index (χ3n) is 8.03. The second-order valence-corrected chi connectivity index (χ2v) is 13.1. The van der Waals surface area contributed by atoms with E-state index in [1.165, 1.54) is 6.92 Å². The van der Waals surface area contributed by atoms with E-state index in [2.05, 4.69) is 26.6 Å². The molecule has 0 aliphatic heterocycles. The van der Waals surface area contributed by atoms with E-state index in [0.717, 1.165) is 12.8 Å². The molecule has 0 heterocycles. The predicted octanol–water partition coefficient (Wildman–Crippen LogP) is -0.0874. The average Bonchev–Trinajstić information content (AvgIpc) is 3.85. The van der Waals surface area contributed by atoms with Crippen LogP contribution in [0, 0.1) is 11.8 Å². The summed E-state index contributed by atoms with van der Waals surface area (Å²) in [5.41, 5.74) is 17.0. The van der Waals surface area contributed by atoms with E-state index >= 15 is 0 Å². The van der Waals surface area contributed by atoms with Crippen LogP contribution in [0.3, 0.4) is 0 Å². The van der Waals surface area contributed by atoms with Crippen molar-refractivity contribution in [2.45, 2.75) is 135 Å². The van der Waals surface area contributed by atoms with Crippen molar-refractivity contribution in [1.29, 1.82) is 0 Å². The van der Waals surface area contributed by atoms with Crippen molar-refractivity contribution in [3.63, 3.8) is 0 Å². The molecule has 0 radical (unpaired) electrons. The third-order valence-corrected chi connectivity index (χ3v) is 8.03. The first-order chi connectivity index (χ1) is 22.7. The molecule has 0 unspecified atom stereocenters. The summed E-state index contributed by atoms with van der Waals surface area (Å²) in [5.74, 6) is -3.83. The average molecular weight is 681 g/mol. The molecule has 0 aromatic carbocycles. The van der Waals surface area contributed by atoms with Crippen LogP contribution in [-0.4, -0.2) is 90.0 Å². The van der Waals surface area contributed by atoms with E-state index in [9.17, 15) is 33.9 Å². The minimum atomic E-state index is -1.16. The quantitative estimate of drug-likeness (QED) is 0.0457. The van der Waals surface area contributed by atoms with Gasteiger partial charge in [0.2, 0.25) is 29.5 Å². The molecule has 48 heavy (non-hydrogen) atoms. The van der Waals surface area contributed by atoms with Crippen LogP contribution in [0.25, 0.3) is 0 Å². The molecule has 0 saturated heterocycles. The normalized spacial score (nSPS) is 16.7. The van der Waals surface area contributed by atoms with Crippen LogP contribution in [0.2, 0.25) is 0 Å². The van der Waals surface area contributed by atoms with E-state index in [0.29, 0.717) is 45.2 Å². The van der Waals surface area contributed by atoms with Gasteiger partial charge in [-0.3, -0.25) is 24.0 Å². The number of aliphatic carboxylic acids is 1. The van der Waals surface area contributed by atoms with Crippen molar-refractivity contribution in [3.8, 4) is 0 Å². The van der Waals surface area contributed by atoms with Crippen molar-refractivity contribution in [2.75, 3.05) is 13.1 Å². The maximum absolute atomic E-state index is 13.7. The second kappa shape index (κ2) is 22.9. The topological polar surface area (TPSA) is 261 Å². The summed E-state index contributed by atoms with van der Waals surface area (Å²) in [6.07, 6.45) is 8.69. The Morgan fingerprint density at radius 3 is 1.56 bits per heavy atom. The molecule has 1 saturated carbocycles. The zero-order valence-corrected chi connectivity index (χ0v) is 29.1. The molecule has 274 valence electrons. The van der Waals surface area contributed by atoms with E-state index in [1.54, 1.807) is 19.1 Å². The van der Waals surface area contributed by atoms with Gasteiger partial charge in [-0.2, -0.15) is 0 Å². The lowest BCUT2D eigenvalue weighted by Crippen LogP contribution is -2.59. The lowest BCUT2D eigenvalue weighted by atomic mass is 10.0. The van der Waals surface area contributed by atoms with Gasteiger partial charge in [0.05, 0.1) is 6.04 Å². The molecule has 0 bridgehead atoms. The highest BCUT2D eigenvalue weighted by Crippen LogP contribution is 2.33. The Kier molecular flexibility index (Phi) is 20.3. The number of allylic oxidation sites excluding steroid dienone is 1. The van der Waals surface area contributed by atoms with Crippen LogP contribution in [0.1, 0.15) is 98.3 Å². The summed E-state index contributed by atoms with van der Waals surface area (Å²) in [6.45, 7) is 7.76. The lowest BCUT2D eigenvalue weighted by Gasteiger charge is -2.27. The molecule has 1 aliphatic carbocycles. The van der Waals surface area contributed by atoms with Gasteiger partial charge in [-0.25, -0.2) is 4.79 Å². The Morgan fingerprint density at radius 1 is 0.688 bits per heavy atom. The van der Waals surface area contributed by atoms with Crippen molar-refractivity contribution in [1.82, 2.24) is 26.6 Å². The van der Waals surface area contributed by atoms with E-state index in [-0.39, 0.29) is 37.5 Å². The monoisotopic (exact) mass is 680 g/mol. The fourth-order valence-electron chi connectivity index (χ4n) is 5.03. The van der Waals surface area contributed by atoms with Gasteiger partial charge in [0.25, 0.3) is 0 Å². The molecular weight excluding hydrogens is 620 g/mol. The molecule has 0 aromatic rings. The summed E-state index contributed by atoms with van der Waals surface area (Å²) < 4.78 is 0. The van der Waals surface area contributed by atoms with Crippen LogP contribution < -0.4 is 43.8 Å². The first-order valence-corrected chi connectivity index (χ1v) is 17.2. The number of carbonyl (C=O) groups excluding carboxylic acids is 5. The Morgan fingerprint density at radius 2 is 1.12 bits per heavy atom. The van der Waals surface area contributed by atoms with E-state index in [4.69, 9.17) is 17.2 Å². The van der Waals surface area contributed by atoms with Crippen LogP contribution in [0.15, 0.2) is 12.2 Å². The smallest absolute Gasteiger partial charge is 0.326 e. The minimum Gasteiger partial charge on any atom is -0.480 e. The van der Waals surface area contributed by atoms with Gasteiger partial charge < -0.3 is 48.9 Å². The Labute approximate surface area is 284 Å². The van der Waals surface area contributed by atoms with Gasteiger partial charge in [0, 0.05) is 0 Å². The summed E-state index contributed by atoms with van der Waals surface area (Å²) in [5, 5.41) is 23.1. The molecule has 1 aliphatic rings. The van der Waals surface area contributed by atoms with E-state index < -0.39 is 71.8 Å². The predicted molar refractivity (Wildman–Crippen MR) is 183 cm³/mol. The number of unbranched alkanes of at least 4 members (excludes halogenated alkanes) is 2. The molecule has 12 N–H and O–H groups in total. The molecular formula is C33H60N8O7. The number of hydrogen-bond donors (Lipinski definition) is 9. The number of amides is 5. The maximum Gasteiger partial charge on any atom is 0.326 e. The van der Waals surface area contributed by atoms with Crippen molar-refractivity contribution < 1.29 is 33.9 Å². The third kappa shape index (κ3) is 17.0. The van der Waals surface area contributed by atoms with Crippen LogP contribution in [0.5, 0.6) is 0 Å². The Balaban J connectivity index is 3.18. The highest BCUT2D eigenvalue weighted by Gasteiger charge is 2.35. The zero-order chi connectivity index (χ0) is 36.2. The number of hydrogen-bond acceptors (Lipinski definition) is 9. The van der Waals surface area contributed by atoms with Crippen molar-refractivity contribution >= 4 is 35.5 Å². The highest BCUT2D eigenvalue weighted by molar-refractivity contribution is 5.96. The van der Waals surface area contributed by atoms with Crippen molar-refractivity contribution in [3.05, 3.63) is 12.2 Å². The van der Waals surface area contributed by atoms with Gasteiger partial charge in [0.15, 0.2) is 0 Å². The van der Waals surface area contributed by atoms with Crippen LogP contribution in [0.4, 0.5) is 0 Å². The molecule has 5 amide bonds. The number of nitrogens with two attached hydrogens (primary N) is 3.